The number of aromatic nitrogens is 4. The highest BCUT2D eigenvalue weighted by atomic mass is 35.5. The Kier molecular flexibility index (Phi) is 4.60. The molecule has 0 radical (unpaired) electrons. The van der Waals surface area contributed by atoms with E-state index in [9.17, 15) is 0 Å². The zero-order valence-electron chi connectivity index (χ0n) is 11.8. The minimum Gasteiger partial charge on any atom is -0.495 e. The van der Waals surface area contributed by atoms with Gasteiger partial charge in [0.1, 0.15) is 17.2 Å². The van der Waals surface area contributed by atoms with Gasteiger partial charge in [0.15, 0.2) is 5.16 Å². The van der Waals surface area contributed by atoms with E-state index in [4.69, 9.17) is 16.3 Å². The van der Waals surface area contributed by atoms with Gasteiger partial charge in [-0.3, -0.25) is 4.57 Å². The summed E-state index contributed by atoms with van der Waals surface area (Å²) in [5, 5.41) is 9.46. The minimum atomic E-state index is 0.492. The second-order valence-corrected chi connectivity index (χ2v) is 5.76. The number of ether oxygens (including phenoxy) is 1. The molecule has 0 N–H and O–H groups in total. The third kappa shape index (κ3) is 3.23. The lowest BCUT2D eigenvalue weighted by molar-refractivity contribution is 0.412. The van der Waals surface area contributed by atoms with Gasteiger partial charge in [-0.1, -0.05) is 41.6 Å². The SMILES string of the molecule is COc1ccccc1-n1cnnc1SCc1ccc(Cl)nc1. The molecule has 0 amide bonds. The minimum absolute atomic E-state index is 0.492. The summed E-state index contributed by atoms with van der Waals surface area (Å²) in [6.45, 7) is 0. The summed E-state index contributed by atoms with van der Waals surface area (Å²) in [6.07, 6.45) is 3.44. The van der Waals surface area contributed by atoms with Crippen molar-refractivity contribution in [2.75, 3.05) is 7.11 Å². The zero-order valence-corrected chi connectivity index (χ0v) is 13.4. The number of pyridine rings is 1. The Morgan fingerprint density at radius 3 is 2.86 bits per heavy atom. The fraction of sp³-hybridized carbons (Fsp3) is 0.133. The number of thioether (sulfide) groups is 1. The Bertz CT molecular complexity index is 760. The first-order chi connectivity index (χ1) is 10.8. The van der Waals surface area contributed by atoms with Gasteiger partial charge in [-0.15, -0.1) is 10.2 Å². The first-order valence-electron chi connectivity index (χ1n) is 6.54. The van der Waals surface area contributed by atoms with Crippen LogP contribution in [0.5, 0.6) is 5.75 Å². The number of rotatable bonds is 5. The Balaban J connectivity index is 1.81. The fourth-order valence-corrected chi connectivity index (χ4v) is 2.92. The van der Waals surface area contributed by atoms with Gasteiger partial charge in [0.25, 0.3) is 0 Å². The van der Waals surface area contributed by atoms with Crippen molar-refractivity contribution in [3.63, 3.8) is 0 Å². The Morgan fingerprint density at radius 2 is 2.09 bits per heavy atom. The van der Waals surface area contributed by atoms with E-state index in [2.05, 4.69) is 15.2 Å². The molecule has 0 spiro atoms. The Labute approximate surface area is 137 Å². The maximum atomic E-state index is 5.79. The highest BCUT2D eigenvalue weighted by molar-refractivity contribution is 7.98. The highest BCUT2D eigenvalue weighted by Crippen LogP contribution is 2.28. The van der Waals surface area contributed by atoms with Crippen LogP contribution in [0.3, 0.4) is 0 Å². The predicted octanol–water partition coefficient (Wildman–Crippen LogP) is 3.62. The summed E-state index contributed by atoms with van der Waals surface area (Å²) in [4.78, 5) is 4.08. The summed E-state index contributed by atoms with van der Waals surface area (Å²) in [5.74, 6) is 1.51. The third-order valence-electron chi connectivity index (χ3n) is 3.02. The summed E-state index contributed by atoms with van der Waals surface area (Å²) < 4.78 is 7.30. The zero-order chi connectivity index (χ0) is 15.4. The molecule has 7 heteroatoms. The number of benzene rings is 1. The lowest BCUT2D eigenvalue weighted by Gasteiger charge is -2.10. The number of methoxy groups -OCH3 is 1. The average Bonchev–Trinajstić information content (AvgIpc) is 3.02. The second-order valence-electron chi connectivity index (χ2n) is 4.43. The average molecular weight is 333 g/mol. The third-order valence-corrected chi connectivity index (χ3v) is 4.26. The van der Waals surface area contributed by atoms with Crippen LogP contribution >= 0.6 is 23.4 Å². The molecule has 5 nitrogen and oxygen atoms in total. The number of hydrogen-bond acceptors (Lipinski definition) is 5. The van der Waals surface area contributed by atoms with Crippen LogP contribution in [0.15, 0.2) is 54.1 Å². The Hall–Kier alpha value is -2.05. The van der Waals surface area contributed by atoms with Crippen LogP contribution in [-0.2, 0) is 5.75 Å². The lowest BCUT2D eigenvalue weighted by Crippen LogP contribution is -1.98. The van der Waals surface area contributed by atoms with Gasteiger partial charge < -0.3 is 4.74 Å². The molecule has 0 fully saturated rings. The number of nitrogens with zero attached hydrogens (tertiary/aromatic N) is 4. The van der Waals surface area contributed by atoms with Crippen LogP contribution in [0.1, 0.15) is 5.56 Å². The van der Waals surface area contributed by atoms with Crippen molar-refractivity contribution in [3.8, 4) is 11.4 Å². The molecule has 0 saturated heterocycles. The topological polar surface area (TPSA) is 52.8 Å². The fourth-order valence-electron chi connectivity index (χ4n) is 1.96. The van der Waals surface area contributed by atoms with Gasteiger partial charge in [0.2, 0.25) is 0 Å². The molecule has 22 heavy (non-hydrogen) atoms. The summed E-state index contributed by atoms with van der Waals surface area (Å²) in [7, 11) is 1.65. The van der Waals surface area contributed by atoms with E-state index in [1.54, 1.807) is 37.5 Å². The standard InChI is InChI=1S/C15H13ClN4OS/c1-21-13-5-3-2-4-12(13)20-10-18-19-15(20)22-9-11-6-7-14(16)17-8-11/h2-8,10H,9H2,1H3. The molecule has 0 saturated carbocycles. The molecule has 2 aromatic heterocycles. The maximum Gasteiger partial charge on any atom is 0.196 e. The van der Waals surface area contributed by atoms with Gasteiger partial charge in [0, 0.05) is 11.9 Å². The van der Waals surface area contributed by atoms with Crippen molar-refractivity contribution in [3.05, 3.63) is 59.6 Å². The Morgan fingerprint density at radius 1 is 1.23 bits per heavy atom. The molecule has 0 aliphatic carbocycles. The van der Waals surface area contributed by atoms with Crippen LogP contribution < -0.4 is 4.74 Å². The van der Waals surface area contributed by atoms with Crippen LogP contribution in [-0.4, -0.2) is 26.9 Å². The monoisotopic (exact) mass is 332 g/mol. The normalized spacial score (nSPS) is 10.6. The van der Waals surface area contributed by atoms with Gasteiger partial charge in [-0.25, -0.2) is 4.98 Å². The van der Waals surface area contributed by atoms with E-state index in [1.165, 1.54) is 0 Å². The van der Waals surface area contributed by atoms with Crippen molar-refractivity contribution in [2.45, 2.75) is 10.9 Å². The van der Waals surface area contributed by atoms with Crippen molar-refractivity contribution >= 4 is 23.4 Å². The number of hydrogen-bond donors (Lipinski definition) is 0. The highest BCUT2D eigenvalue weighted by Gasteiger charge is 2.11. The second kappa shape index (κ2) is 6.81. The van der Waals surface area contributed by atoms with Crippen LogP contribution in [0.2, 0.25) is 5.15 Å². The molecule has 0 unspecified atom stereocenters. The first-order valence-corrected chi connectivity index (χ1v) is 7.91. The van der Waals surface area contributed by atoms with E-state index in [0.717, 1.165) is 27.9 Å². The van der Waals surface area contributed by atoms with Crippen molar-refractivity contribution in [2.24, 2.45) is 0 Å². The summed E-state index contributed by atoms with van der Waals surface area (Å²) in [5.41, 5.74) is 1.98. The smallest absolute Gasteiger partial charge is 0.196 e. The van der Waals surface area contributed by atoms with Gasteiger partial charge >= 0.3 is 0 Å². The summed E-state index contributed by atoms with van der Waals surface area (Å²) >= 11 is 7.37. The molecule has 0 bridgehead atoms. The number of halogens is 1. The van der Waals surface area contributed by atoms with E-state index in [1.807, 2.05) is 34.9 Å². The lowest BCUT2D eigenvalue weighted by atomic mass is 10.3. The van der Waals surface area contributed by atoms with Gasteiger partial charge in [-0.2, -0.15) is 0 Å². The molecule has 3 rings (SSSR count). The van der Waals surface area contributed by atoms with Crippen LogP contribution in [0, 0.1) is 0 Å². The van der Waals surface area contributed by atoms with Crippen LogP contribution in [0.25, 0.3) is 5.69 Å². The van der Waals surface area contributed by atoms with E-state index in [0.29, 0.717) is 5.15 Å². The van der Waals surface area contributed by atoms with Gasteiger partial charge in [0.05, 0.1) is 12.8 Å². The molecule has 2 heterocycles. The molecule has 0 aliphatic heterocycles. The summed E-state index contributed by atoms with van der Waals surface area (Å²) in [6, 6.07) is 11.5. The molecule has 0 atom stereocenters. The number of para-hydroxylation sites is 2. The van der Waals surface area contributed by atoms with E-state index in [-0.39, 0.29) is 0 Å². The predicted molar refractivity (Wildman–Crippen MR) is 86.7 cm³/mol. The molecular weight excluding hydrogens is 320 g/mol. The first kappa shape index (κ1) is 14.9. The maximum absolute atomic E-state index is 5.79. The van der Waals surface area contributed by atoms with E-state index >= 15 is 0 Å². The molecule has 112 valence electrons. The largest absolute Gasteiger partial charge is 0.495 e. The molecule has 0 aliphatic rings. The van der Waals surface area contributed by atoms with Crippen molar-refractivity contribution in [1.82, 2.24) is 19.7 Å². The quantitative estimate of drug-likeness (QED) is 0.527. The van der Waals surface area contributed by atoms with Crippen LogP contribution in [0.4, 0.5) is 0 Å². The van der Waals surface area contributed by atoms with E-state index < -0.39 is 0 Å². The molecule has 1 aromatic carbocycles. The van der Waals surface area contributed by atoms with Crippen molar-refractivity contribution < 1.29 is 4.74 Å². The van der Waals surface area contributed by atoms with Gasteiger partial charge in [-0.05, 0) is 23.8 Å². The van der Waals surface area contributed by atoms with Crippen molar-refractivity contribution in [1.29, 1.82) is 0 Å². The molecule has 3 aromatic rings. The molecular formula is C15H13ClN4OS.